The SMILES string of the molecule is COc1ccc2c(c1)C(=O)CC1(CCN(C(=O)c3ccc(Cl)cc3[N+](=O)[O-])CC1)O2. The van der Waals surface area contributed by atoms with E-state index in [9.17, 15) is 19.7 Å². The molecule has 2 aromatic rings. The highest BCUT2D eigenvalue weighted by atomic mass is 35.5. The number of nitrogens with zero attached hydrogens (tertiary/aromatic N) is 2. The van der Waals surface area contributed by atoms with Gasteiger partial charge in [-0.2, -0.15) is 0 Å². The second kappa shape index (κ2) is 7.60. The predicted molar refractivity (Wildman–Crippen MR) is 109 cm³/mol. The lowest BCUT2D eigenvalue weighted by molar-refractivity contribution is -0.385. The maximum atomic E-state index is 12.9. The highest BCUT2D eigenvalue weighted by Crippen LogP contribution is 2.41. The molecule has 2 aliphatic rings. The van der Waals surface area contributed by atoms with Crippen LogP contribution in [0, 0.1) is 10.1 Å². The lowest BCUT2D eigenvalue weighted by atomic mass is 9.82. The number of ketones is 1. The fraction of sp³-hybridized carbons (Fsp3) is 0.333. The lowest BCUT2D eigenvalue weighted by Gasteiger charge is -2.44. The van der Waals surface area contributed by atoms with Gasteiger partial charge in [0.1, 0.15) is 22.7 Å². The summed E-state index contributed by atoms with van der Waals surface area (Å²) >= 11 is 5.84. The number of carbonyl (C=O) groups excluding carboxylic acids is 2. The van der Waals surface area contributed by atoms with Gasteiger partial charge in [0.2, 0.25) is 0 Å². The number of fused-ring (bicyclic) bond motifs is 1. The van der Waals surface area contributed by atoms with Gasteiger partial charge >= 0.3 is 0 Å². The van der Waals surface area contributed by atoms with Gasteiger partial charge in [-0.3, -0.25) is 19.7 Å². The first-order chi connectivity index (χ1) is 14.3. The Labute approximate surface area is 177 Å². The zero-order valence-corrected chi connectivity index (χ0v) is 17.0. The van der Waals surface area contributed by atoms with E-state index in [0.29, 0.717) is 43.0 Å². The average molecular weight is 431 g/mol. The van der Waals surface area contributed by atoms with Crippen LogP contribution in [0.3, 0.4) is 0 Å². The molecule has 0 aliphatic carbocycles. The number of piperidine rings is 1. The molecule has 0 aromatic heterocycles. The number of hydrogen-bond acceptors (Lipinski definition) is 6. The molecule has 1 saturated heterocycles. The summed E-state index contributed by atoms with van der Waals surface area (Å²) in [6.07, 6.45) is 1.13. The maximum absolute atomic E-state index is 12.9. The highest BCUT2D eigenvalue weighted by Gasteiger charge is 2.44. The Morgan fingerprint density at radius 3 is 2.63 bits per heavy atom. The van der Waals surface area contributed by atoms with E-state index >= 15 is 0 Å². The van der Waals surface area contributed by atoms with E-state index in [0.717, 1.165) is 0 Å². The van der Waals surface area contributed by atoms with E-state index in [1.54, 1.807) is 23.1 Å². The van der Waals surface area contributed by atoms with Crippen molar-refractivity contribution >= 4 is 29.0 Å². The van der Waals surface area contributed by atoms with Gasteiger partial charge in [-0.15, -0.1) is 0 Å². The largest absolute Gasteiger partial charge is 0.497 e. The number of hydrogen-bond donors (Lipinski definition) is 0. The summed E-state index contributed by atoms with van der Waals surface area (Å²) < 4.78 is 11.4. The molecule has 9 heteroatoms. The summed E-state index contributed by atoms with van der Waals surface area (Å²) in [5.41, 5.74) is -0.505. The summed E-state index contributed by atoms with van der Waals surface area (Å²) in [6, 6.07) is 9.14. The molecule has 0 saturated carbocycles. The number of nitro benzene ring substituents is 1. The summed E-state index contributed by atoms with van der Waals surface area (Å²) in [5, 5.41) is 11.5. The van der Waals surface area contributed by atoms with Crippen LogP contribution < -0.4 is 9.47 Å². The summed E-state index contributed by atoms with van der Waals surface area (Å²) in [4.78, 5) is 37.9. The van der Waals surface area contributed by atoms with Gasteiger partial charge in [0.25, 0.3) is 11.6 Å². The molecule has 30 heavy (non-hydrogen) atoms. The highest BCUT2D eigenvalue weighted by molar-refractivity contribution is 6.31. The Morgan fingerprint density at radius 2 is 1.97 bits per heavy atom. The van der Waals surface area contributed by atoms with Gasteiger partial charge in [0.15, 0.2) is 5.78 Å². The number of ether oxygens (including phenoxy) is 2. The normalized spacial score (nSPS) is 17.3. The zero-order valence-electron chi connectivity index (χ0n) is 16.2. The van der Waals surface area contributed by atoms with Crippen LogP contribution in [0.2, 0.25) is 5.02 Å². The van der Waals surface area contributed by atoms with E-state index in [1.807, 2.05) is 0 Å². The Kier molecular flexibility index (Phi) is 5.11. The number of likely N-dealkylation sites (tertiary alicyclic amines) is 1. The van der Waals surface area contributed by atoms with Gasteiger partial charge in [-0.25, -0.2) is 0 Å². The molecule has 1 amide bonds. The molecule has 1 spiro atoms. The number of amides is 1. The Balaban J connectivity index is 1.51. The van der Waals surface area contributed by atoms with E-state index in [1.165, 1.54) is 25.3 Å². The fourth-order valence-electron chi connectivity index (χ4n) is 4.00. The van der Waals surface area contributed by atoms with E-state index in [-0.39, 0.29) is 28.5 Å². The third-order valence-electron chi connectivity index (χ3n) is 5.65. The molecule has 0 atom stereocenters. The maximum Gasteiger partial charge on any atom is 0.283 e. The van der Waals surface area contributed by atoms with Crippen LogP contribution in [0.25, 0.3) is 0 Å². The number of rotatable bonds is 3. The first kappa shape index (κ1) is 20.2. The number of carbonyl (C=O) groups is 2. The Hall–Kier alpha value is -3.13. The number of Topliss-reactive ketones (excluding diaryl/α,β-unsaturated/α-hetero) is 1. The Bertz CT molecular complexity index is 1050. The van der Waals surface area contributed by atoms with Crippen LogP contribution in [0.1, 0.15) is 40.0 Å². The van der Waals surface area contributed by atoms with Crippen LogP contribution in [0.5, 0.6) is 11.5 Å². The third kappa shape index (κ3) is 3.59. The first-order valence-corrected chi connectivity index (χ1v) is 9.83. The van der Waals surface area contributed by atoms with Crippen molar-refractivity contribution in [2.75, 3.05) is 20.2 Å². The molecule has 156 valence electrons. The van der Waals surface area contributed by atoms with Crippen LogP contribution in [-0.4, -0.2) is 47.3 Å². The molecule has 1 fully saturated rings. The lowest BCUT2D eigenvalue weighted by Crippen LogP contribution is -2.52. The van der Waals surface area contributed by atoms with Crippen LogP contribution in [0.15, 0.2) is 36.4 Å². The molecule has 2 heterocycles. The number of halogens is 1. The summed E-state index contributed by atoms with van der Waals surface area (Å²) in [7, 11) is 1.54. The second-order valence-corrected chi connectivity index (χ2v) is 7.89. The standard InChI is InChI=1S/C21H19ClN2O6/c1-29-14-3-5-19-16(11-14)18(25)12-21(30-19)6-8-23(9-7-21)20(26)15-4-2-13(22)10-17(15)24(27)28/h2-5,10-11H,6-9,12H2,1H3. The minimum atomic E-state index is -0.679. The molecule has 0 unspecified atom stereocenters. The zero-order chi connectivity index (χ0) is 21.5. The van der Waals surface area contributed by atoms with E-state index in [4.69, 9.17) is 21.1 Å². The van der Waals surface area contributed by atoms with Crippen LogP contribution >= 0.6 is 11.6 Å². The monoisotopic (exact) mass is 430 g/mol. The molecule has 0 bridgehead atoms. The van der Waals surface area contributed by atoms with Crippen molar-refractivity contribution in [3.8, 4) is 11.5 Å². The first-order valence-electron chi connectivity index (χ1n) is 9.45. The summed E-state index contributed by atoms with van der Waals surface area (Å²) in [5.74, 6) is 0.649. The van der Waals surface area contributed by atoms with Gasteiger partial charge in [0.05, 0.1) is 24.0 Å². The number of benzene rings is 2. The van der Waals surface area contributed by atoms with Crippen LogP contribution in [-0.2, 0) is 0 Å². The molecular weight excluding hydrogens is 412 g/mol. The molecule has 4 rings (SSSR count). The van der Waals surface area contributed by atoms with Gasteiger partial charge < -0.3 is 14.4 Å². The van der Waals surface area contributed by atoms with Gasteiger partial charge in [-0.1, -0.05) is 11.6 Å². The van der Waals surface area contributed by atoms with Crippen molar-refractivity contribution in [1.82, 2.24) is 4.90 Å². The van der Waals surface area contributed by atoms with Crippen molar-refractivity contribution in [3.05, 3.63) is 62.7 Å². The van der Waals surface area contributed by atoms with Crippen molar-refractivity contribution in [1.29, 1.82) is 0 Å². The molecule has 2 aromatic carbocycles. The van der Waals surface area contributed by atoms with Gasteiger partial charge in [-0.05, 0) is 30.3 Å². The fourth-order valence-corrected chi connectivity index (χ4v) is 4.17. The van der Waals surface area contributed by atoms with Crippen molar-refractivity contribution in [2.45, 2.75) is 24.9 Å². The summed E-state index contributed by atoms with van der Waals surface area (Å²) in [6.45, 7) is 0.661. The molecule has 0 N–H and O–H groups in total. The smallest absolute Gasteiger partial charge is 0.283 e. The van der Waals surface area contributed by atoms with Crippen molar-refractivity contribution < 1.29 is 24.0 Å². The molecule has 8 nitrogen and oxygen atoms in total. The van der Waals surface area contributed by atoms with Crippen molar-refractivity contribution in [2.24, 2.45) is 0 Å². The van der Waals surface area contributed by atoms with E-state index in [2.05, 4.69) is 0 Å². The topological polar surface area (TPSA) is 99.0 Å². The third-order valence-corrected chi connectivity index (χ3v) is 5.88. The number of methoxy groups -OCH3 is 1. The van der Waals surface area contributed by atoms with Gasteiger partial charge in [0, 0.05) is 37.0 Å². The molecular formula is C21H19ClN2O6. The minimum absolute atomic E-state index is 0.00145. The minimum Gasteiger partial charge on any atom is -0.497 e. The Morgan fingerprint density at radius 1 is 1.23 bits per heavy atom. The molecule has 0 radical (unpaired) electrons. The van der Waals surface area contributed by atoms with Crippen molar-refractivity contribution in [3.63, 3.8) is 0 Å². The van der Waals surface area contributed by atoms with E-state index < -0.39 is 16.4 Å². The van der Waals surface area contributed by atoms with Crippen LogP contribution in [0.4, 0.5) is 5.69 Å². The predicted octanol–water partition coefficient (Wildman–Crippen LogP) is 3.90. The average Bonchev–Trinajstić information content (AvgIpc) is 2.73. The number of nitro groups is 1. The quantitative estimate of drug-likeness (QED) is 0.541. The second-order valence-electron chi connectivity index (χ2n) is 7.46. The molecule has 2 aliphatic heterocycles.